The highest BCUT2D eigenvalue weighted by molar-refractivity contribution is 5.27. The zero-order valence-electron chi connectivity index (χ0n) is 20.7. The summed E-state index contributed by atoms with van der Waals surface area (Å²) in [4.78, 5) is 0. The second-order valence-corrected chi connectivity index (χ2v) is 12.7. The van der Waals surface area contributed by atoms with Crippen LogP contribution in [-0.2, 0) is 0 Å². The minimum absolute atomic E-state index is 0.0498. The smallest absolute Gasteiger partial charge is 0.0543 e. The molecule has 1 N–H and O–H groups in total. The lowest BCUT2D eigenvalue weighted by Crippen LogP contribution is -2.49. The van der Waals surface area contributed by atoms with Gasteiger partial charge in [-0.15, -0.1) is 0 Å². The Morgan fingerprint density at radius 3 is 2.40 bits per heavy atom. The zero-order chi connectivity index (χ0) is 21.8. The van der Waals surface area contributed by atoms with Gasteiger partial charge >= 0.3 is 0 Å². The Bertz CT molecular complexity index is 688. The molecule has 0 aromatic carbocycles. The van der Waals surface area contributed by atoms with Crippen molar-refractivity contribution in [2.75, 3.05) is 0 Å². The molecule has 170 valence electrons. The minimum atomic E-state index is -0.0498. The number of fused-ring (bicyclic) bond motifs is 5. The summed E-state index contributed by atoms with van der Waals surface area (Å²) in [5, 5.41) is 10.3. The molecule has 0 aromatic rings. The van der Waals surface area contributed by atoms with Gasteiger partial charge in [0.2, 0.25) is 0 Å². The van der Waals surface area contributed by atoms with Crippen LogP contribution in [0.4, 0.5) is 0 Å². The van der Waals surface area contributed by atoms with E-state index in [1.165, 1.54) is 50.5 Å². The van der Waals surface area contributed by atoms with E-state index in [0.717, 1.165) is 36.5 Å². The molecule has 0 spiro atoms. The highest BCUT2D eigenvalue weighted by Gasteiger charge is 2.58. The average molecular weight is 413 g/mol. The van der Waals surface area contributed by atoms with Crippen LogP contribution in [0, 0.1) is 52.3 Å². The first-order valence-corrected chi connectivity index (χ1v) is 13.1. The summed E-state index contributed by atoms with van der Waals surface area (Å²) in [5.41, 5.74) is 4.24. The van der Waals surface area contributed by atoms with E-state index in [4.69, 9.17) is 0 Å². The fraction of sp³-hybridized carbons (Fsp3) is 0.862. The van der Waals surface area contributed by atoms with Gasteiger partial charge in [0.05, 0.1) is 6.10 Å². The lowest BCUT2D eigenvalue weighted by atomic mass is 9.47. The summed E-state index contributed by atoms with van der Waals surface area (Å²) in [6.07, 6.45) is 14.1. The highest BCUT2D eigenvalue weighted by atomic mass is 16.3. The minimum Gasteiger partial charge on any atom is -0.393 e. The third-order valence-corrected chi connectivity index (χ3v) is 10.9. The maximum absolute atomic E-state index is 10.3. The van der Waals surface area contributed by atoms with Gasteiger partial charge < -0.3 is 5.11 Å². The average Bonchev–Trinajstić information content (AvgIpc) is 3.05. The summed E-state index contributed by atoms with van der Waals surface area (Å²) >= 11 is 0. The van der Waals surface area contributed by atoms with Crippen molar-refractivity contribution in [3.8, 4) is 0 Å². The standard InChI is InChI=1S/C29H48O/c1-18(2)21(5)19(3)16-20(4)25-10-11-26-24-9-8-22-17-23(30)12-14-28(22,6)27(24)13-15-29(25,26)7/h9,18-20,22-23,25-27,30H,5,8,10-17H2,1-4,6-7H3/t19-,20-,22+,23+,25-,26+,27-,28+,29-/m1/s1. The zero-order valence-corrected chi connectivity index (χ0v) is 20.7. The van der Waals surface area contributed by atoms with E-state index in [9.17, 15) is 5.11 Å². The van der Waals surface area contributed by atoms with Crippen LogP contribution in [0.15, 0.2) is 23.8 Å². The quantitative estimate of drug-likeness (QED) is 0.457. The third kappa shape index (κ3) is 3.56. The lowest BCUT2D eigenvalue weighted by Gasteiger charge is -2.57. The van der Waals surface area contributed by atoms with Crippen molar-refractivity contribution >= 4 is 0 Å². The van der Waals surface area contributed by atoms with Crippen molar-refractivity contribution in [1.29, 1.82) is 0 Å². The molecule has 3 saturated carbocycles. The molecule has 0 aromatic heterocycles. The van der Waals surface area contributed by atoms with Crippen molar-refractivity contribution in [2.24, 2.45) is 52.3 Å². The van der Waals surface area contributed by atoms with Crippen LogP contribution in [0.5, 0.6) is 0 Å². The molecule has 30 heavy (non-hydrogen) atoms. The van der Waals surface area contributed by atoms with Crippen LogP contribution in [-0.4, -0.2) is 11.2 Å². The second-order valence-electron chi connectivity index (χ2n) is 12.7. The Balaban J connectivity index is 1.52. The molecule has 4 rings (SSSR count). The molecule has 0 heterocycles. The molecule has 0 unspecified atom stereocenters. The van der Waals surface area contributed by atoms with E-state index in [1.54, 1.807) is 0 Å². The van der Waals surface area contributed by atoms with Gasteiger partial charge in [-0.1, -0.05) is 65.3 Å². The van der Waals surface area contributed by atoms with Gasteiger partial charge in [-0.05, 0) is 110 Å². The van der Waals surface area contributed by atoms with Crippen molar-refractivity contribution in [1.82, 2.24) is 0 Å². The molecule has 0 amide bonds. The van der Waals surface area contributed by atoms with Crippen LogP contribution < -0.4 is 0 Å². The predicted octanol–water partition coefficient (Wildman–Crippen LogP) is 7.80. The number of aliphatic hydroxyl groups excluding tert-OH is 1. The van der Waals surface area contributed by atoms with Crippen molar-refractivity contribution in [3.05, 3.63) is 23.8 Å². The van der Waals surface area contributed by atoms with Gasteiger partial charge in [0.1, 0.15) is 0 Å². The van der Waals surface area contributed by atoms with Crippen LogP contribution in [0.3, 0.4) is 0 Å². The Morgan fingerprint density at radius 2 is 1.70 bits per heavy atom. The Morgan fingerprint density at radius 1 is 1.03 bits per heavy atom. The van der Waals surface area contributed by atoms with Crippen LogP contribution in [0.25, 0.3) is 0 Å². The fourth-order valence-corrected chi connectivity index (χ4v) is 8.91. The van der Waals surface area contributed by atoms with E-state index in [-0.39, 0.29) is 6.10 Å². The van der Waals surface area contributed by atoms with Gasteiger partial charge in [0.25, 0.3) is 0 Å². The molecule has 4 aliphatic carbocycles. The number of aliphatic hydroxyl groups is 1. The largest absolute Gasteiger partial charge is 0.393 e. The molecule has 1 nitrogen and oxygen atoms in total. The topological polar surface area (TPSA) is 20.2 Å². The first-order chi connectivity index (χ1) is 14.1. The summed E-state index contributed by atoms with van der Waals surface area (Å²) in [6.45, 7) is 19.2. The normalized spacial score (nSPS) is 45.2. The molecule has 0 bridgehead atoms. The van der Waals surface area contributed by atoms with E-state index < -0.39 is 0 Å². The van der Waals surface area contributed by atoms with Crippen molar-refractivity contribution < 1.29 is 5.11 Å². The second kappa shape index (κ2) is 8.09. The molecule has 0 aliphatic heterocycles. The SMILES string of the molecule is C=C(C(C)C)[C@H](C)C[C@@H](C)[C@H]1CC[C@H]2C3=CC[C@H]4C[C@@H](O)CC[C@]4(C)[C@@H]3CC[C@]12C. The molecule has 4 aliphatic rings. The van der Waals surface area contributed by atoms with E-state index in [1.807, 2.05) is 5.57 Å². The summed E-state index contributed by atoms with van der Waals surface area (Å²) in [6, 6.07) is 0. The Labute approximate surface area is 186 Å². The predicted molar refractivity (Wildman–Crippen MR) is 128 cm³/mol. The van der Waals surface area contributed by atoms with E-state index in [2.05, 4.69) is 54.2 Å². The monoisotopic (exact) mass is 412 g/mol. The number of rotatable bonds is 5. The summed E-state index contributed by atoms with van der Waals surface area (Å²) in [5.74, 6) is 5.21. The van der Waals surface area contributed by atoms with Crippen LogP contribution in [0.2, 0.25) is 0 Å². The molecule has 3 fully saturated rings. The first-order valence-electron chi connectivity index (χ1n) is 13.1. The van der Waals surface area contributed by atoms with Crippen molar-refractivity contribution in [2.45, 2.75) is 105 Å². The van der Waals surface area contributed by atoms with Crippen LogP contribution >= 0.6 is 0 Å². The van der Waals surface area contributed by atoms with E-state index in [0.29, 0.717) is 28.6 Å². The molecule has 0 radical (unpaired) electrons. The lowest BCUT2D eigenvalue weighted by molar-refractivity contribution is -0.0429. The maximum Gasteiger partial charge on any atom is 0.0543 e. The van der Waals surface area contributed by atoms with Gasteiger partial charge in [-0.3, -0.25) is 0 Å². The van der Waals surface area contributed by atoms with Gasteiger partial charge in [-0.25, -0.2) is 0 Å². The fourth-order valence-electron chi connectivity index (χ4n) is 8.91. The molecule has 0 saturated heterocycles. The molecule has 1 heteroatoms. The number of hydrogen-bond acceptors (Lipinski definition) is 1. The van der Waals surface area contributed by atoms with E-state index >= 15 is 0 Å². The Kier molecular flexibility index (Phi) is 6.10. The third-order valence-electron chi connectivity index (χ3n) is 10.9. The molecule has 9 atom stereocenters. The number of allylic oxidation sites excluding steroid dienone is 3. The van der Waals surface area contributed by atoms with Gasteiger partial charge in [-0.2, -0.15) is 0 Å². The maximum atomic E-state index is 10.3. The first kappa shape index (κ1) is 22.6. The summed E-state index contributed by atoms with van der Waals surface area (Å²) < 4.78 is 0. The highest BCUT2D eigenvalue weighted by Crippen LogP contribution is 2.67. The molecular formula is C29H48O. The van der Waals surface area contributed by atoms with Gasteiger partial charge in [0.15, 0.2) is 0 Å². The Hall–Kier alpha value is -0.560. The molecular weight excluding hydrogens is 364 g/mol. The number of hydrogen-bond donors (Lipinski definition) is 1. The summed E-state index contributed by atoms with van der Waals surface area (Å²) in [7, 11) is 0. The van der Waals surface area contributed by atoms with Gasteiger partial charge in [0, 0.05) is 0 Å². The van der Waals surface area contributed by atoms with Crippen LogP contribution in [0.1, 0.15) is 99.3 Å². The van der Waals surface area contributed by atoms with Crippen molar-refractivity contribution in [3.63, 3.8) is 0 Å².